The van der Waals surface area contributed by atoms with Crippen molar-refractivity contribution in [3.63, 3.8) is 0 Å². The van der Waals surface area contributed by atoms with E-state index in [0.717, 1.165) is 34.9 Å². The second kappa shape index (κ2) is 6.87. The lowest BCUT2D eigenvalue weighted by atomic mass is 9.92. The number of carboxylic acid groups (broad SMARTS) is 1. The average molecular weight is 367 g/mol. The van der Waals surface area contributed by atoms with Gasteiger partial charge in [0.25, 0.3) is 0 Å². The van der Waals surface area contributed by atoms with Crippen molar-refractivity contribution in [1.82, 2.24) is 4.90 Å². The zero-order chi connectivity index (χ0) is 19.1. The number of carbonyl (C=O) groups excluding carboxylic acids is 1. The van der Waals surface area contributed by atoms with E-state index in [1.54, 1.807) is 12.0 Å². The largest absolute Gasteiger partial charge is 0.497 e. The second-order valence-electron chi connectivity index (χ2n) is 7.88. The molecule has 0 spiro atoms. The lowest BCUT2D eigenvalue weighted by molar-refractivity contribution is -0.142. The van der Waals surface area contributed by atoms with Gasteiger partial charge in [0, 0.05) is 13.1 Å². The molecule has 1 saturated carbocycles. The number of carboxylic acids is 1. The molecule has 0 aromatic heterocycles. The van der Waals surface area contributed by atoms with Gasteiger partial charge in [-0.25, -0.2) is 0 Å². The highest BCUT2D eigenvalue weighted by Gasteiger charge is 2.47. The van der Waals surface area contributed by atoms with E-state index in [0.29, 0.717) is 19.0 Å². The van der Waals surface area contributed by atoms with E-state index in [-0.39, 0.29) is 17.7 Å². The van der Waals surface area contributed by atoms with Crippen molar-refractivity contribution in [1.29, 1.82) is 0 Å². The van der Waals surface area contributed by atoms with E-state index in [9.17, 15) is 14.7 Å². The molecule has 5 nitrogen and oxygen atoms in total. The van der Waals surface area contributed by atoms with Gasteiger partial charge in [-0.15, -0.1) is 0 Å². The van der Waals surface area contributed by atoms with Crippen molar-refractivity contribution >= 4 is 22.6 Å². The van der Waals surface area contributed by atoms with Crippen LogP contribution in [-0.4, -0.2) is 42.1 Å². The zero-order valence-electron chi connectivity index (χ0n) is 15.7. The van der Waals surface area contributed by atoms with Gasteiger partial charge in [-0.2, -0.15) is 0 Å². The van der Waals surface area contributed by atoms with Crippen LogP contribution in [0.4, 0.5) is 0 Å². The number of nitrogens with zero attached hydrogens (tertiary/aromatic N) is 1. The normalized spacial score (nSPS) is 23.4. The van der Waals surface area contributed by atoms with Crippen LogP contribution in [-0.2, 0) is 9.59 Å². The van der Waals surface area contributed by atoms with Gasteiger partial charge in [-0.1, -0.05) is 24.3 Å². The first-order valence-electron chi connectivity index (χ1n) is 9.57. The highest BCUT2D eigenvalue weighted by molar-refractivity contribution is 5.89. The maximum Gasteiger partial charge on any atom is 0.308 e. The molecule has 5 heteroatoms. The molecule has 2 aliphatic rings. The molecule has 0 bridgehead atoms. The number of fused-ring (bicyclic) bond motifs is 1. The van der Waals surface area contributed by atoms with Crippen LogP contribution in [0.1, 0.15) is 31.2 Å². The number of ether oxygens (including phenoxy) is 1. The quantitative estimate of drug-likeness (QED) is 0.878. The molecule has 4 rings (SSSR count). The summed E-state index contributed by atoms with van der Waals surface area (Å²) >= 11 is 0. The van der Waals surface area contributed by atoms with Gasteiger partial charge in [0.1, 0.15) is 5.75 Å². The Kier molecular flexibility index (Phi) is 4.54. The van der Waals surface area contributed by atoms with E-state index < -0.39 is 11.9 Å². The topological polar surface area (TPSA) is 66.8 Å². The van der Waals surface area contributed by atoms with Crippen molar-refractivity contribution < 1.29 is 19.4 Å². The van der Waals surface area contributed by atoms with Gasteiger partial charge >= 0.3 is 5.97 Å². The van der Waals surface area contributed by atoms with Gasteiger partial charge < -0.3 is 14.7 Å². The maximum absolute atomic E-state index is 13.1. The Morgan fingerprint density at radius 1 is 1.11 bits per heavy atom. The summed E-state index contributed by atoms with van der Waals surface area (Å²) < 4.78 is 5.26. The molecule has 1 unspecified atom stereocenters. The molecule has 2 aromatic rings. The number of aliphatic carboxylic acids is 1. The standard InChI is InChI=1S/C22H25NO4/c1-13(15-5-6-17-10-18(27-2)8-7-16(17)9-15)21(24)23-11-19(14-3-4-14)20(12-23)22(25)26/h5-10,13-14,19-20H,3-4,11-12H2,1-2H3,(H,25,26)/t13?,19-,20+/m1/s1. The number of methoxy groups -OCH3 is 1. The third-order valence-electron chi connectivity index (χ3n) is 6.16. The van der Waals surface area contributed by atoms with Crippen molar-refractivity contribution in [2.75, 3.05) is 20.2 Å². The first-order valence-corrected chi connectivity index (χ1v) is 9.57. The van der Waals surface area contributed by atoms with E-state index in [2.05, 4.69) is 0 Å². The average Bonchev–Trinajstić information content (AvgIpc) is 3.43. The highest BCUT2D eigenvalue weighted by Crippen LogP contribution is 2.44. The maximum atomic E-state index is 13.1. The summed E-state index contributed by atoms with van der Waals surface area (Å²) in [4.78, 5) is 26.4. The summed E-state index contributed by atoms with van der Waals surface area (Å²) in [6.07, 6.45) is 2.19. The molecule has 1 N–H and O–H groups in total. The lowest BCUT2D eigenvalue weighted by Crippen LogP contribution is -2.33. The van der Waals surface area contributed by atoms with Gasteiger partial charge in [0.05, 0.1) is 18.9 Å². The van der Waals surface area contributed by atoms with Crippen molar-refractivity contribution in [2.24, 2.45) is 17.8 Å². The number of benzene rings is 2. The summed E-state index contributed by atoms with van der Waals surface area (Å²) in [5.41, 5.74) is 0.958. The Morgan fingerprint density at radius 3 is 2.48 bits per heavy atom. The minimum Gasteiger partial charge on any atom is -0.497 e. The predicted octanol–water partition coefficient (Wildman–Crippen LogP) is 3.52. The molecule has 1 aliphatic heterocycles. The number of carbonyl (C=O) groups is 2. The molecule has 1 amide bonds. The Bertz CT molecular complexity index is 889. The van der Waals surface area contributed by atoms with Crippen LogP contribution in [0.3, 0.4) is 0 Å². The molecular formula is C22H25NO4. The monoisotopic (exact) mass is 367 g/mol. The molecule has 3 atom stereocenters. The predicted molar refractivity (Wildman–Crippen MR) is 103 cm³/mol. The molecule has 2 aromatic carbocycles. The zero-order valence-corrected chi connectivity index (χ0v) is 15.7. The van der Waals surface area contributed by atoms with Crippen LogP contribution in [0, 0.1) is 17.8 Å². The van der Waals surface area contributed by atoms with Crippen LogP contribution < -0.4 is 4.74 Å². The SMILES string of the molecule is COc1ccc2cc(C(C)C(=O)N3C[C@H](C(=O)O)[C@@H](C4CC4)C3)ccc2c1. The lowest BCUT2D eigenvalue weighted by Gasteiger charge is -2.21. The van der Waals surface area contributed by atoms with Crippen LogP contribution in [0.5, 0.6) is 5.75 Å². The van der Waals surface area contributed by atoms with Gasteiger partial charge in [0.15, 0.2) is 0 Å². The fraction of sp³-hybridized carbons (Fsp3) is 0.455. The second-order valence-corrected chi connectivity index (χ2v) is 7.88. The molecule has 1 heterocycles. The van der Waals surface area contributed by atoms with Crippen LogP contribution in [0.15, 0.2) is 36.4 Å². The fourth-order valence-electron chi connectivity index (χ4n) is 4.33. The summed E-state index contributed by atoms with van der Waals surface area (Å²) in [5, 5.41) is 11.7. The van der Waals surface area contributed by atoms with Crippen LogP contribution in [0.2, 0.25) is 0 Å². The number of hydrogen-bond acceptors (Lipinski definition) is 3. The Balaban J connectivity index is 1.53. The molecule has 1 aliphatic carbocycles. The first kappa shape index (κ1) is 17.8. The first-order chi connectivity index (χ1) is 13.0. The van der Waals surface area contributed by atoms with E-state index >= 15 is 0 Å². The Morgan fingerprint density at radius 2 is 1.81 bits per heavy atom. The van der Waals surface area contributed by atoms with Crippen LogP contribution in [0.25, 0.3) is 10.8 Å². The minimum atomic E-state index is -0.769. The van der Waals surface area contributed by atoms with Gasteiger partial charge in [-0.05, 0) is 60.1 Å². The molecule has 142 valence electrons. The third-order valence-corrected chi connectivity index (χ3v) is 6.16. The van der Waals surface area contributed by atoms with Crippen molar-refractivity contribution in [3.8, 4) is 5.75 Å². The summed E-state index contributed by atoms with van der Waals surface area (Å²) in [6.45, 7) is 2.83. The van der Waals surface area contributed by atoms with E-state index in [1.807, 2.05) is 43.3 Å². The molecule has 27 heavy (non-hydrogen) atoms. The fourth-order valence-corrected chi connectivity index (χ4v) is 4.33. The number of rotatable bonds is 5. The highest BCUT2D eigenvalue weighted by atomic mass is 16.5. The summed E-state index contributed by atoms with van der Waals surface area (Å²) in [5.74, 6) is -0.0479. The van der Waals surface area contributed by atoms with Crippen LogP contribution >= 0.6 is 0 Å². The molecular weight excluding hydrogens is 342 g/mol. The van der Waals surface area contributed by atoms with Crippen molar-refractivity contribution in [2.45, 2.75) is 25.7 Å². The van der Waals surface area contributed by atoms with E-state index in [1.165, 1.54) is 0 Å². The molecule has 1 saturated heterocycles. The molecule has 2 fully saturated rings. The van der Waals surface area contributed by atoms with Gasteiger partial charge in [0.2, 0.25) is 5.91 Å². The number of likely N-dealkylation sites (tertiary alicyclic amines) is 1. The van der Waals surface area contributed by atoms with Gasteiger partial charge in [-0.3, -0.25) is 9.59 Å². The molecule has 0 radical (unpaired) electrons. The Hall–Kier alpha value is -2.56. The summed E-state index contributed by atoms with van der Waals surface area (Å²) in [7, 11) is 1.64. The van der Waals surface area contributed by atoms with E-state index in [4.69, 9.17) is 4.74 Å². The number of hydrogen-bond donors (Lipinski definition) is 1. The smallest absolute Gasteiger partial charge is 0.308 e. The number of amides is 1. The summed E-state index contributed by atoms with van der Waals surface area (Å²) in [6, 6.07) is 11.9. The van der Waals surface area contributed by atoms with Crippen molar-refractivity contribution in [3.05, 3.63) is 42.0 Å². The minimum absolute atomic E-state index is 0.0252. The third kappa shape index (κ3) is 3.38. The Labute approximate surface area is 158 Å².